The monoisotopic (exact) mass is 346 g/mol. The van der Waals surface area contributed by atoms with Crippen LogP contribution in [-0.2, 0) is 9.53 Å². The number of carbonyl (C=O) groups excluding carboxylic acids is 1. The van der Waals surface area contributed by atoms with Gasteiger partial charge in [-0.15, -0.1) is 0 Å². The van der Waals surface area contributed by atoms with Crippen molar-refractivity contribution < 1.29 is 18.7 Å². The summed E-state index contributed by atoms with van der Waals surface area (Å²) in [6.07, 6.45) is 2.79. The standard InChI is InChI=1S/C14H13Cl2FN2O3/c1-21-11-8(15)4-3-7(10(11)17)9-5-6-14(16,18)12(19-9)13(20)22-2/h3-6,12H,18H2,1-2H3. The molecule has 0 spiro atoms. The maximum atomic E-state index is 14.4. The zero-order valence-corrected chi connectivity index (χ0v) is 13.3. The van der Waals surface area contributed by atoms with E-state index < -0.39 is 22.8 Å². The summed E-state index contributed by atoms with van der Waals surface area (Å²) in [4.78, 5) is 14.3. The van der Waals surface area contributed by atoms with Crippen LogP contribution in [0, 0.1) is 5.82 Å². The van der Waals surface area contributed by atoms with Crippen molar-refractivity contribution in [2.45, 2.75) is 11.0 Å². The Hall–Kier alpha value is -1.63. The van der Waals surface area contributed by atoms with Crippen LogP contribution in [0.25, 0.3) is 0 Å². The second kappa shape index (κ2) is 6.24. The molecule has 2 atom stereocenters. The largest absolute Gasteiger partial charge is 0.492 e. The Labute approximate surface area is 136 Å². The molecule has 1 aliphatic rings. The van der Waals surface area contributed by atoms with Crippen LogP contribution < -0.4 is 10.5 Å². The molecule has 5 nitrogen and oxygen atoms in total. The fourth-order valence-electron chi connectivity index (χ4n) is 2.00. The van der Waals surface area contributed by atoms with Gasteiger partial charge in [0.15, 0.2) is 17.6 Å². The average Bonchev–Trinajstić information content (AvgIpc) is 2.47. The zero-order valence-electron chi connectivity index (χ0n) is 11.8. The molecule has 0 saturated carbocycles. The van der Waals surface area contributed by atoms with E-state index in [0.717, 1.165) is 0 Å². The molecule has 1 aromatic carbocycles. The number of benzene rings is 1. The van der Waals surface area contributed by atoms with E-state index in [9.17, 15) is 9.18 Å². The predicted molar refractivity (Wildman–Crippen MR) is 82.2 cm³/mol. The van der Waals surface area contributed by atoms with Crippen LogP contribution in [0.2, 0.25) is 5.02 Å². The van der Waals surface area contributed by atoms with Gasteiger partial charge in [-0.05, 0) is 24.3 Å². The quantitative estimate of drug-likeness (QED) is 0.517. The number of aliphatic imine (C=N–C) groups is 1. The SMILES string of the molecule is COC(=O)C1N=C(c2ccc(Cl)c(OC)c2F)C=CC1(N)Cl. The lowest BCUT2D eigenvalue weighted by Gasteiger charge is -2.27. The first-order chi connectivity index (χ1) is 10.3. The van der Waals surface area contributed by atoms with Crippen molar-refractivity contribution in [3.63, 3.8) is 0 Å². The van der Waals surface area contributed by atoms with Crippen molar-refractivity contribution in [3.05, 3.63) is 40.7 Å². The summed E-state index contributed by atoms with van der Waals surface area (Å²) in [5.74, 6) is -1.53. The number of dihydropyridines is 1. The van der Waals surface area contributed by atoms with Crippen molar-refractivity contribution in [1.82, 2.24) is 0 Å². The Balaban J connectivity index is 2.52. The lowest BCUT2D eigenvalue weighted by Crippen LogP contribution is -2.49. The van der Waals surface area contributed by atoms with E-state index in [1.54, 1.807) is 0 Å². The molecular weight excluding hydrogens is 334 g/mol. The molecule has 2 N–H and O–H groups in total. The first-order valence-electron chi connectivity index (χ1n) is 6.17. The molecule has 22 heavy (non-hydrogen) atoms. The van der Waals surface area contributed by atoms with Crippen LogP contribution in [0.4, 0.5) is 4.39 Å². The van der Waals surface area contributed by atoms with Crippen molar-refractivity contribution in [2.24, 2.45) is 10.7 Å². The maximum Gasteiger partial charge on any atom is 0.334 e. The van der Waals surface area contributed by atoms with Crippen molar-refractivity contribution in [3.8, 4) is 5.75 Å². The van der Waals surface area contributed by atoms with Gasteiger partial charge in [-0.2, -0.15) is 0 Å². The zero-order chi connectivity index (χ0) is 16.5. The minimum Gasteiger partial charge on any atom is -0.492 e. The van der Waals surface area contributed by atoms with Crippen molar-refractivity contribution in [1.29, 1.82) is 0 Å². The topological polar surface area (TPSA) is 73.9 Å². The van der Waals surface area contributed by atoms with Gasteiger partial charge in [0.1, 0.15) is 5.00 Å². The highest BCUT2D eigenvalue weighted by atomic mass is 35.5. The molecule has 2 unspecified atom stereocenters. The van der Waals surface area contributed by atoms with Crippen molar-refractivity contribution in [2.75, 3.05) is 14.2 Å². The van der Waals surface area contributed by atoms with Crippen LogP contribution in [0.5, 0.6) is 5.75 Å². The highest BCUT2D eigenvalue weighted by molar-refractivity contribution is 6.32. The smallest absolute Gasteiger partial charge is 0.334 e. The molecule has 8 heteroatoms. The lowest BCUT2D eigenvalue weighted by atomic mass is 10.00. The van der Waals surface area contributed by atoms with E-state index in [1.807, 2.05) is 0 Å². The summed E-state index contributed by atoms with van der Waals surface area (Å²) in [6.45, 7) is 0. The molecule has 0 radical (unpaired) electrons. The summed E-state index contributed by atoms with van der Waals surface area (Å²) >= 11 is 11.9. The Kier molecular flexibility index (Phi) is 4.75. The molecule has 1 heterocycles. The number of carbonyl (C=O) groups is 1. The van der Waals surface area contributed by atoms with E-state index in [2.05, 4.69) is 9.73 Å². The number of alkyl halides is 1. The van der Waals surface area contributed by atoms with Crippen LogP contribution in [0.3, 0.4) is 0 Å². The molecule has 0 aromatic heterocycles. The van der Waals surface area contributed by atoms with Crippen molar-refractivity contribution >= 4 is 34.9 Å². The number of allylic oxidation sites excluding steroid dienone is 1. The number of hydrogen-bond donors (Lipinski definition) is 1. The Bertz CT molecular complexity index is 674. The maximum absolute atomic E-state index is 14.4. The average molecular weight is 347 g/mol. The number of nitrogens with zero attached hydrogens (tertiary/aromatic N) is 1. The number of methoxy groups -OCH3 is 2. The molecule has 0 bridgehead atoms. The third kappa shape index (κ3) is 2.95. The van der Waals surface area contributed by atoms with Gasteiger partial charge in [0.2, 0.25) is 0 Å². The highest BCUT2D eigenvalue weighted by Gasteiger charge is 2.40. The third-order valence-electron chi connectivity index (χ3n) is 3.14. The Morgan fingerprint density at radius 3 is 2.73 bits per heavy atom. The van der Waals surface area contributed by atoms with Gasteiger partial charge in [-0.25, -0.2) is 9.18 Å². The van der Waals surface area contributed by atoms with Gasteiger partial charge < -0.3 is 15.2 Å². The van der Waals surface area contributed by atoms with Crippen LogP contribution in [0.1, 0.15) is 5.56 Å². The van der Waals surface area contributed by atoms with Crippen LogP contribution in [0.15, 0.2) is 29.3 Å². The lowest BCUT2D eigenvalue weighted by molar-refractivity contribution is -0.142. The van der Waals surface area contributed by atoms with Gasteiger partial charge in [0, 0.05) is 5.56 Å². The fourth-order valence-corrected chi connectivity index (χ4v) is 2.42. The normalized spacial score (nSPS) is 23.9. The fraction of sp³-hybridized carbons (Fsp3) is 0.286. The number of rotatable bonds is 3. The summed E-state index contributed by atoms with van der Waals surface area (Å²) in [5.41, 5.74) is 6.08. The molecule has 0 amide bonds. The highest BCUT2D eigenvalue weighted by Crippen LogP contribution is 2.32. The molecule has 2 rings (SSSR count). The van der Waals surface area contributed by atoms with Crippen LogP contribution >= 0.6 is 23.2 Å². The predicted octanol–water partition coefficient (Wildman–Crippen LogP) is 2.28. The second-order valence-electron chi connectivity index (χ2n) is 4.54. The number of halogens is 3. The Morgan fingerprint density at radius 1 is 1.45 bits per heavy atom. The third-order valence-corrected chi connectivity index (χ3v) is 3.77. The first kappa shape index (κ1) is 16.7. The molecule has 1 aromatic rings. The summed E-state index contributed by atoms with van der Waals surface area (Å²) in [7, 11) is 2.49. The van der Waals surface area contributed by atoms with E-state index in [4.69, 9.17) is 33.7 Å². The number of ether oxygens (including phenoxy) is 2. The van der Waals surface area contributed by atoms with Gasteiger partial charge >= 0.3 is 5.97 Å². The number of nitrogens with two attached hydrogens (primary N) is 1. The van der Waals surface area contributed by atoms with E-state index in [-0.39, 0.29) is 22.0 Å². The molecule has 0 fully saturated rings. The molecular formula is C14H13Cl2FN2O3. The first-order valence-corrected chi connectivity index (χ1v) is 6.92. The van der Waals surface area contributed by atoms with Gasteiger partial charge in [0.25, 0.3) is 0 Å². The second-order valence-corrected chi connectivity index (χ2v) is 5.60. The molecule has 0 aliphatic carbocycles. The molecule has 0 saturated heterocycles. The number of hydrogen-bond acceptors (Lipinski definition) is 5. The van der Waals surface area contributed by atoms with Gasteiger partial charge in [-0.1, -0.05) is 23.2 Å². The van der Waals surface area contributed by atoms with Gasteiger partial charge in [-0.3, -0.25) is 4.99 Å². The molecule has 118 valence electrons. The Morgan fingerprint density at radius 2 is 2.14 bits per heavy atom. The van der Waals surface area contributed by atoms with Crippen LogP contribution in [-0.4, -0.2) is 36.9 Å². The van der Waals surface area contributed by atoms with E-state index in [1.165, 1.54) is 38.5 Å². The van der Waals surface area contributed by atoms with E-state index >= 15 is 0 Å². The minimum atomic E-state index is -1.54. The summed E-state index contributed by atoms with van der Waals surface area (Å²) in [5, 5.41) is 0.124. The van der Waals surface area contributed by atoms with E-state index in [0.29, 0.717) is 0 Å². The summed E-state index contributed by atoms with van der Waals surface area (Å²) < 4.78 is 24.0. The molecule has 1 aliphatic heterocycles. The minimum absolute atomic E-state index is 0.110. The van der Waals surface area contributed by atoms with Gasteiger partial charge in [0.05, 0.1) is 25.0 Å². The summed E-state index contributed by atoms with van der Waals surface area (Å²) in [6, 6.07) is 1.70. The number of esters is 1.